The minimum atomic E-state index is -0.605. The molecule has 0 saturated heterocycles. The number of methoxy groups -OCH3 is 2. The summed E-state index contributed by atoms with van der Waals surface area (Å²) in [5.74, 6) is -0.0293. The molecule has 0 spiro atoms. The Bertz CT molecular complexity index is 1350. The second-order valence-corrected chi connectivity index (χ2v) is 14.0. The van der Waals surface area contributed by atoms with Crippen LogP contribution in [0.3, 0.4) is 0 Å². The molecule has 4 rings (SSSR count). The number of ketones is 2. The van der Waals surface area contributed by atoms with Gasteiger partial charge in [-0.1, -0.05) is 58.0 Å². The zero-order valence-electron chi connectivity index (χ0n) is 23.3. The van der Waals surface area contributed by atoms with Crippen molar-refractivity contribution in [3.05, 3.63) is 70.4 Å². The summed E-state index contributed by atoms with van der Waals surface area (Å²) < 4.78 is 12.0. The first kappa shape index (κ1) is 32.2. The van der Waals surface area contributed by atoms with E-state index in [4.69, 9.17) is 9.47 Å². The highest BCUT2D eigenvalue weighted by atomic mass is 33.1. The van der Waals surface area contributed by atoms with E-state index < -0.39 is 24.0 Å². The highest BCUT2D eigenvalue weighted by molar-refractivity contribution is 8.76. The number of esters is 2. The van der Waals surface area contributed by atoms with Crippen LogP contribution in [0.2, 0.25) is 0 Å². The van der Waals surface area contributed by atoms with Crippen molar-refractivity contribution in [2.45, 2.75) is 24.9 Å². The van der Waals surface area contributed by atoms with E-state index in [2.05, 4.69) is 10.6 Å². The normalized spacial score (nSPS) is 12.7. The number of fused-ring (bicyclic) bond motifs is 2. The molecule has 0 aliphatic heterocycles. The average Bonchev–Trinajstić information content (AvgIpc) is 3.65. The molecule has 12 heteroatoms. The molecule has 0 fully saturated rings. The quantitative estimate of drug-likeness (QED) is 0.0652. The molecule has 2 aromatic carbocycles. The third kappa shape index (κ3) is 8.88. The highest BCUT2D eigenvalue weighted by Gasteiger charge is 2.23. The maximum atomic E-state index is 12.7. The number of carbonyl (C=O) groups excluding carboxylic acids is 4. The number of rotatable bonds is 17. The fourth-order valence-electron chi connectivity index (χ4n) is 4.14. The number of benzene rings is 2. The Morgan fingerprint density at radius 1 is 0.690 bits per heavy atom. The number of ether oxygens (including phenoxy) is 2. The van der Waals surface area contributed by atoms with Crippen molar-refractivity contribution in [1.29, 1.82) is 0 Å². The summed E-state index contributed by atoms with van der Waals surface area (Å²) in [4.78, 5) is 51.4. The van der Waals surface area contributed by atoms with E-state index in [1.165, 1.54) is 58.5 Å². The molecule has 0 bridgehead atoms. The summed E-state index contributed by atoms with van der Waals surface area (Å²) >= 11 is 2.93. The predicted molar refractivity (Wildman–Crippen MR) is 174 cm³/mol. The van der Waals surface area contributed by atoms with Gasteiger partial charge >= 0.3 is 11.9 Å². The Morgan fingerprint density at radius 2 is 1.10 bits per heavy atom. The van der Waals surface area contributed by atoms with Gasteiger partial charge < -0.3 is 20.1 Å². The molecule has 0 aliphatic carbocycles. The maximum absolute atomic E-state index is 12.7. The van der Waals surface area contributed by atoms with Gasteiger partial charge in [0.2, 0.25) is 0 Å². The summed E-state index contributed by atoms with van der Waals surface area (Å²) in [6, 6.07) is 18.3. The molecule has 2 heterocycles. The first-order chi connectivity index (χ1) is 20.4. The zero-order valence-corrected chi connectivity index (χ0v) is 26.5. The van der Waals surface area contributed by atoms with Gasteiger partial charge in [0.1, 0.15) is 12.1 Å². The molecular weight excluding hydrogens is 613 g/mol. The van der Waals surface area contributed by atoms with E-state index in [1.54, 1.807) is 0 Å². The van der Waals surface area contributed by atoms with Crippen LogP contribution in [0.5, 0.6) is 0 Å². The van der Waals surface area contributed by atoms with E-state index in [9.17, 15) is 19.2 Å². The van der Waals surface area contributed by atoms with Crippen molar-refractivity contribution in [2.24, 2.45) is 0 Å². The number of carbonyl (C=O) groups is 4. The summed E-state index contributed by atoms with van der Waals surface area (Å²) in [6.45, 7) is 0.663. The van der Waals surface area contributed by atoms with Crippen molar-refractivity contribution in [2.75, 3.05) is 38.8 Å². The van der Waals surface area contributed by atoms with Crippen LogP contribution < -0.4 is 10.6 Å². The van der Waals surface area contributed by atoms with Crippen LogP contribution in [0.15, 0.2) is 60.7 Å². The van der Waals surface area contributed by atoms with Crippen LogP contribution in [0.1, 0.15) is 32.2 Å². The van der Waals surface area contributed by atoms with Gasteiger partial charge in [-0.3, -0.25) is 19.2 Å². The summed E-state index contributed by atoms with van der Waals surface area (Å²) in [7, 11) is 5.49. The molecule has 0 amide bonds. The number of Topliss-reactive ketones (excluding diaryl/α,β-unsaturated/α-hetero) is 2. The Kier molecular flexibility index (Phi) is 12.4. The standard InChI is InChI=1S/C30H32N2O6S4/c1-37-29(35)21(31-13-11-23(33)27-15-19-7-3-5-9-25(19)41-27)17-39-40-18-22(30(36)38-2)32-14-12-24(34)28-16-20-8-4-6-10-26(20)42-28/h3-10,15-16,21-22,31-32H,11-14,17-18H2,1-2H3. The fraction of sp³-hybridized carbons (Fsp3) is 0.333. The maximum Gasteiger partial charge on any atom is 0.323 e. The van der Waals surface area contributed by atoms with E-state index in [1.807, 2.05) is 60.7 Å². The van der Waals surface area contributed by atoms with Crippen molar-refractivity contribution in [1.82, 2.24) is 10.6 Å². The van der Waals surface area contributed by atoms with Crippen LogP contribution in [-0.2, 0) is 19.1 Å². The minimum Gasteiger partial charge on any atom is -0.468 e. The number of thiophene rings is 2. The van der Waals surface area contributed by atoms with Crippen LogP contribution in [0.25, 0.3) is 20.2 Å². The fourth-order valence-corrected chi connectivity index (χ4v) is 8.57. The van der Waals surface area contributed by atoms with Crippen molar-refractivity contribution < 1.29 is 28.7 Å². The first-order valence-corrected chi connectivity index (χ1v) is 17.4. The Morgan fingerprint density at radius 3 is 1.48 bits per heavy atom. The monoisotopic (exact) mass is 644 g/mol. The molecular formula is C30H32N2O6S4. The van der Waals surface area contributed by atoms with E-state index in [-0.39, 0.29) is 24.4 Å². The zero-order chi connectivity index (χ0) is 29.9. The van der Waals surface area contributed by atoms with Crippen LogP contribution in [-0.4, -0.2) is 74.4 Å². The molecule has 2 aromatic heterocycles. The molecule has 0 aliphatic rings. The van der Waals surface area contributed by atoms with Crippen LogP contribution >= 0.6 is 44.3 Å². The van der Waals surface area contributed by atoms with Gasteiger partial charge in [0.05, 0.1) is 24.0 Å². The molecule has 2 atom stereocenters. The van der Waals surface area contributed by atoms with Gasteiger partial charge in [0.25, 0.3) is 0 Å². The first-order valence-electron chi connectivity index (χ1n) is 13.3. The SMILES string of the molecule is COC(=O)C(CSSCC(NCCC(=O)c1cc2ccccc2s1)C(=O)OC)NCCC(=O)c1cc2ccccc2s1. The lowest BCUT2D eigenvalue weighted by Gasteiger charge is -2.18. The average molecular weight is 645 g/mol. The molecule has 222 valence electrons. The van der Waals surface area contributed by atoms with Crippen LogP contribution in [0.4, 0.5) is 0 Å². The molecule has 0 saturated carbocycles. The second-order valence-electron chi connectivity index (χ2n) is 9.27. The third-order valence-electron chi connectivity index (χ3n) is 6.41. The highest BCUT2D eigenvalue weighted by Crippen LogP contribution is 2.28. The minimum absolute atomic E-state index is 0.0205. The number of nitrogens with one attached hydrogen (secondary N) is 2. The Hall–Kier alpha value is -2.74. The van der Waals surface area contributed by atoms with Crippen molar-refractivity contribution in [3.63, 3.8) is 0 Å². The van der Waals surface area contributed by atoms with Gasteiger partial charge in [-0.2, -0.15) is 0 Å². The molecule has 2 N–H and O–H groups in total. The Balaban J connectivity index is 1.20. The van der Waals surface area contributed by atoms with Gasteiger partial charge in [-0.05, 0) is 35.0 Å². The van der Waals surface area contributed by atoms with Gasteiger partial charge in [-0.15, -0.1) is 22.7 Å². The molecule has 4 aromatic rings. The third-order valence-corrected chi connectivity index (χ3v) is 11.1. The van der Waals surface area contributed by atoms with Crippen molar-refractivity contribution >= 4 is 87.9 Å². The van der Waals surface area contributed by atoms with E-state index in [0.29, 0.717) is 34.3 Å². The van der Waals surface area contributed by atoms with Gasteiger partial charge in [0.15, 0.2) is 11.6 Å². The summed E-state index contributed by atoms with van der Waals surface area (Å²) in [6.07, 6.45) is 0.513. The Labute approximate surface area is 260 Å². The van der Waals surface area contributed by atoms with Gasteiger partial charge in [-0.25, -0.2) is 0 Å². The van der Waals surface area contributed by atoms with E-state index in [0.717, 1.165) is 20.2 Å². The lowest BCUT2D eigenvalue weighted by Crippen LogP contribution is -2.41. The smallest absolute Gasteiger partial charge is 0.323 e. The topological polar surface area (TPSA) is 111 Å². The second kappa shape index (κ2) is 16.2. The lowest BCUT2D eigenvalue weighted by atomic mass is 10.2. The molecule has 42 heavy (non-hydrogen) atoms. The molecule has 8 nitrogen and oxygen atoms in total. The predicted octanol–water partition coefficient (Wildman–Crippen LogP) is 5.61. The summed E-state index contributed by atoms with van der Waals surface area (Å²) in [5, 5.41) is 8.35. The lowest BCUT2D eigenvalue weighted by molar-refractivity contribution is -0.143. The van der Waals surface area contributed by atoms with Crippen molar-refractivity contribution in [3.8, 4) is 0 Å². The van der Waals surface area contributed by atoms with E-state index >= 15 is 0 Å². The number of hydrogen-bond donors (Lipinski definition) is 2. The van der Waals surface area contributed by atoms with Gasteiger partial charge in [0, 0.05) is 46.8 Å². The number of hydrogen-bond acceptors (Lipinski definition) is 12. The molecule has 2 unspecified atom stereocenters. The summed E-state index contributed by atoms with van der Waals surface area (Å²) in [5.41, 5.74) is 0. The van der Waals surface area contributed by atoms with Crippen LogP contribution in [0, 0.1) is 0 Å². The molecule has 0 radical (unpaired) electrons. The largest absolute Gasteiger partial charge is 0.468 e.